The summed E-state index contributed by atoms with van der Waals surface area (Å²) in [4.78, 5) is 0.637. The van der Waals surface area contributed by atoms with Gasteiger partial charge in [0.15, 0.2) is 0 Å². The highest BCUT2D eigenvalue weighted by Gasteiger charge is 2.28. The van der Waals surface area contributed by atoms with Crippen molar-refractivity contribution in [1.29, 1.82) is 0 Å². The molecule has 1 aliphatic rings. The number of thiocarbonyl (C=S) groups is 1. The van der Waals surface area contributed by atoms with Crippen molar-refractivity contribution in [3.8, 4) is 22.4 Å². The van der Waals surface area contributed by atoms with Crippen LogP contribution in [0.1, 0.15) is 29.7 Å². The summed E-state index contributed by atoms with van der Waals surface area (Å²) in [6.45, 7) is 3.07. The van der Waals surface area contributed by atoms with Crippen LogP contribution in [0.4, 0.5) is 5.69 Å². The highest BCUT2D eigenvalue weighted by molar-refractivity contribution is 7.81. The van der Waals surface area contributed by atoms with Gasteiger partial charge in [-0.3, -0.25) is 4.40 Å². The van der Waals surface area contributed by atoms with E-state index in [1.54, 1.807) is 0 Å². The fourth-order valence-electron chi connectivity index (χ4n) is 5.25. The molecule has 3 heterocycles. The molecule has 1 N–H and O–H groups in total. The number of aryl methyl sites for hydroxylation is 3. The first-order chi connectivity index (χ1) is 17.9. The number of halogens is 3. The Morgan fingerprint density at radius 1 is 0.865 bits per heavy atom. The lowest BCUT2D eigenvalue weighted by molar-refractivity contribution is 0.647. The molecule has 0 fully saturated rings. The van der Waals surface area contributed by atoms with Crippen LogP contribution in [-0.2, 0) is 13.0 Å². The van der Waals surface area contributed by atoms with E-state index >= 15 is 0 Å². The van der Waals surface area contributed by atoms with E-state index in [4.69, 9.17) is 47.0 Å². The van der Waals surface area contributed by atoms with Crippen molar-refractivity contribution in [3.63, 3.8) is 0 Å². The molecule has 3 nitrogen and oxygen atoms in total. The topological polar surface area (TPSA) is 21.4 Å². The van der Waals surface area contributed by atoms with Gasteiger partial charge in [-0.1, -0.05) is 82.9 Å². The zero-order valence-corrected chi connectivity index (χ0v) is 23.3. The van der Waals surface area contributed by atoms with E-state index in [2.05, 4.69) is 51.7 Å². The normalized spacial score (nSPS) is 13.1. The number of rotatable bonds is 4. The summed E-state index contributed by atoms with van der Waals surface area (Å²) in [5.74, 6) is 0. The van der Waals surface area contributed by atoms with Gasteiger partial charge < -0.3 is 9.88 Å². The Kier molecular flexibility index (Phi) is 6.54. The molecule has 0 spiro atoms. The van der Waals surface area contributed by atoms with E-state index in [1.807, 2.05) is 42.5 Å². The molecule has 37 heavy (non-hydrogen) atoms. The Hall–Kier alpha value is -2.76. The molecule has 0 amide bonds. The SMILES string of the molecule is Cc1ccc(-c2cn3c(C(=S)Nc4ccc(Cl)cc4)c(-c4ccc(Cl)c(Cl)c4)c4c3n2CCCC4)cc1. The van der Waals surface area contributed by atoms with Crippen LogP contribution in [0.25, 0.3) is 28.0 Å². The number of hydrogen-bond acceptors (Lipinski definition) is 1. The van der Waals surface area contributed by atoms with Gasteiger partial charge in [0.25, 0.3) is 0 Å². The first-order valence-corrected chi connectivity index (χ1v) is 13.8. The van der Waals surface area contributed by atoms with Gasteiger partial charge in [0.05, 0.1) is 21.4 Å². The quantitative estimate of drug-likeness (QED) is 0.220. The van der Waals surface area contributed by atoms with Gasteiger partial charge in [-0.25, -0.2) is 0 Å². The van der Waals surface area contributed by atoms with Crippen LogP contribution in [0.5, 0.6) is 0 Å². The van der Waals surface area contributed by atoms with Crippen molar-refractivity contribution in [2.24, 2.45) is 0 Å². The fraction of sp³-hybridized carbons (Fsp3) is 0.167. The van der Waals surface area contributed by atoms with E-state index in [-0.39, 0.29) is 0 Å². The third-order valence-electron chi connectivity index (χ3n) is 7.01. The minimum absolute atomic E-state index is 0.529. The van der Waals surface area contributed by atoms with Gasteiger partial charge in [-0.15, -0.1) is 0 Å². The number of anilines is 1. The van der Waals surface area contributed by atoms with Crippen LogP contribution in [0.3, 0.4) is 0 Å². The van der Waals surface area contributed by atoms with Gasteiger partial charge in [-0.2, -0.15) is 0 Å². The molecule has 0 aliphatic carbocycles. The predicted molar refractivity (Wildman–Crippen MR) is 161 cm³/mol. The fourth-order valence-corrected chi connectivity index (χ4v) is 5.99. The lowest BCUT2D eigenvalue weighted by atomic mass is 9.98. The van der Waals surface area contributed by atoms with Crippen LogP contribution in [0.15, 0.2) is 72.9 Å². The third-order valence-corrected chi connectivity index (χ3v) is 8.29. The minimum Gasteiger partial charge on any atom is -0.345 e. The summed E-state index contributed by atoms with van der Waals surface area (Å²) >= 11 is 25.0. The first-order valence-electron chi connectivity index (χ1n) is 12.3. The van der Waals surface area contributed by atoms with Crippen LogP contribution in [-0.4, -0.2) is 14.0 Å². The molecule has 7 heteroatoms. The standard InChI is InChI=1S/C30H24Cl3N3S/c1-18-5-7-19(8-6-18)26-17-36-28(29(37)34-22-12-10-21(31)11-13-22)27(20-9-14-24(32)25(33)16-20)23-4-2-3-15-35(26)30(23)36/h5-14,16-17H,2-4,15H2,1H3,(H,34,37). The van der Waals surface area contributed by atoms with Crippen LogP contribution < -0.4 is 5.32 Å². The number of imidazole rings is 1. The van der Waals surface area contributed by atoms with Gasteiger partial charge in [-0.05, 0) is 73.7 Å². The maximum atomic E-state index is 6.50. The van der Waals surface area contributed by atoms with Gasteiger partial charge in [0, 0.05) is 34.6 Å². The maximum absolute atomic E-state index is 6.50. The largest absolute Gasteiger partial charge is 0.345 e. The molecular formula is C30H24Cl3N3S. The molecule has 0 unspecified atom stereocenters. The second kappa shape index (κ2) is 9.85. The molecule has 6 rings (SSSR count). The number of benzene rings is 3. The smallest absolute Gasteiger partial charge is 0.128 e. The van der Waals surface area contributed by atoms with E-state index in [9.17, 15) is 0 Å². The molecule has 0 atom stereocenters. The molecule has 0 bridgehead atoms. The van der Waals surface area contributed by atoms with Gasteiger partial charge in [0.2, 0.25) is 0 Å². The van der Waals surface area contributed by atoms with E-state index < -0.39 is 0 Å². The summed E-state index contributed by atoms with van der Waals surface area (Å²) in [5, 5.41) is 5.20. The summed E-state index contributed by atoms with van der Waals surface area (Å²) in [5.41, 5.74) is 10.0. The van der Waals surface area contributed by atoms with Crippen molar-refractivity contribution < 1.29 is 0 Å². The summed E-state index contributed by atoms with van der Waals surface area (Å²) in [7, 11) is 0. The van der Waals surface area contributed by atoms with Gasteiger partial charge in [0.1, 0.15) is 10.6 Å². The van der Waals surface area contributed by atoms with Crippen molar-refractivity contribution >= 4 is 63.3 Å². The lowest BCUT2D eigenvalue weighted by Gasteiger charge is -2.13. The maximum Gasteiger partial charge on any atom is 0.128 e. The lowest BCUT2D eigenvalue weighted by Crippen LogP contribution is -2.14. The summed E-state index contributed by atoms with van der Waals surface area (Å²) < 4.78 is 4.71. The molecule has 1 aliphatic heterocycles. The van der Waals surface area contributed by atoms with Crippen LogP contribution >= 0.6 is 47.0 Å². The molecule has 0 saturated heterocycles. The zero-order valence-electron chi connectivity index (χ0n) is 20.2. The molecule has 0 saturated carbocycles. The first kappa shape index (κ1) is 24.6. The second-order valence-electron chi connectivity index (χ2n) is 9.47. The third kappa shape index (κ3) is 4.46. The molecule has 5 aromatic rings. The van der Waals surface area contributed by atoms with Crippen molar-refractivity contribution in [2.75, 3.05) is 5.32 Å². The molecule has 2 aromatic heterocycles. The van der Waals surface area contributed by atoms with E-state index in [0.717, 1.165) is 48.3 Å². The molecule has 186 valence electrons. The predicted octanol–water partition coefficient (Wildman–Crippen LogP) is 9.47. The van der Waals surface area contributed by atoms with E-state index in [0.29, 0.717) is 20.1 Å². The second-order valence-corrected chi connectivity index (χ2v) is 11.1. The molecular weight excluding hydrogens is 541 g/mol. The average molecular weight is 565 g/mol. The molecule has 3 aromatic carbocycles. The van der Waals surface area contributed by atoms with Crippen LogP contribution in [0, 0.1) is 6.92 Å². The monoisotopic (exact) mass is 563 g/mol. The highest BCUT2D eigenvalue weighted by Crippen LogP contribution is 2.41. The number of nitrogens with one attached hydrogen (secondary N) is 1. The Morgan fingerprint density at radius 2 is 1.59 bits per heavy atom. The number of nitrogens with zero attached hydrogens (tertiary/aromatic N) is 2. The zero-order chi connectivity index (χ0) is 25.7. The molecule has 0 radical (unpaired) electrons. The Bertz CT molecular complexity index is 1650. The van der Waals surface area contributed by atoms with Crippen LogP contribution in [0.2, 0.25) is 15.1 Å². The number of aromatic nitrogens is 2. The Labute approximate surface area is 236 Å². The average Bonchev–Trinajstić information content (AvgIpc) is 3.30. The number of hydrogen-bond donors (Lipinski definition) is 1. The van der Waals surface area contributed by atoms with Crippen molar-refractivity contribution in [3.05, 3.63) is 105 Å². The Morgan fingerprint density at radius 3 is 2.32 bits per heavy atom. The van der Waals surface area contributed by atoms with E-state index in [1.165, 1.54) is 28.0 Å². The summed E-state index contributed by atoms with van der Waals surface area (Å²) in [6.07, 6.45) is 5.39. The minimum atomic E-state index is 0.529. The van der Waals surface area contributed by atoms with Crippen molar-refractivity contribution in [1.82, 2.24) is 8.97 Å². The van der Waals surface area contributed by atoms with Crippen molar-refractivity contribution in [2.45, 2.75) is 32.7 Å². The highest BCUT2D eigenvalue weighted by atomic mass is 35.5. The Balaban J connectivity index is 1.61. The van der Waals surface area contributed by atoms with Gasteiger partial charge >= 0.3 is 0 Å². The summed E-state index contributed by atoms with van der Waals surface area (Å²) in [6, 6.07) is 22.1.